The quantitative estimate of drug-likeness (QED) is 0.558. The number of furan rings is 1. The minimum absolute atomic E-state index is 0.0339. The summed E-state index contributed by atoms with van der Waals surface area (Å²) >= 11 is 5.63. The molecular weight excluding hydrogens is 407 g/mol. The summed E-state index contributed by atoms with van der Waals surface area (Å²) in [5.74, 6) is -0.813. The molecule has 0 bridgehead atoms. The molecule has 9 heteroatoms. The maximum absolute atomic E-state index is 13.2. The lowest BCUT2D eigenvalue weighted by Crippen LogP contribution is -2.23. The molecule has 0 unspecified atom stereocenters. The Morgan fingerprint density at radius 2 is 2.00 bits per heavy atom. The number of sulfonamides is 1. The van der Waals surface area contributed by atoms with E-state index in [1.807, 2.05) is 0 Å². The maximum atomic E-state index is 13.2. The Hall–Kier alpha value is -2.55. The second-order valence-electron chi connectivity index (χ2n) is 6.01. The Bertz CT molecular complexity index is 1070. The number of Topliss-reactive ketones (excluding diaryl/α,β-unsaturated/α-hetero) is 1. The van der Waals surface area contributed by atoms with Crippen LogP contribution < -0.4 is 4.72 Å². The summed E-state index contributed by atoms with van der Waals surface area (Å²) in [4.78, 5) is 16.1. The van der Waals surface area contributed by atoms with Crippen LogP contribution in [0.5, 0.6) is 0 Å². The van der Waals surface area contributed by atoms with Crippen molar-refractivity contribution in [2.75, 3.05) is 0 Å². The van der Waals surface area contributed by atoms with Crippen LogP contribution in [-0.4, -0.2) is 19.2 Å². The van der Waals surface area contributed by atoms with Gasteiger partial charge in [0.25, 0.3) is 0 Å². The Morgan fingerprint density at radius 1 is 1.18 bits per heavy atom. The third-order valence-corrected chi connectivity index (χ3v) is 5.69. The van der Waals surface area contributed by atoms with Crippen molar-refractivity contribution in [2.45, 2.75) is 24.3 Å². The van der Waals surface area contributed by atoms with Crippen LogP contribution in [-0.2, 0) is 23.0 Å². The van der Waals surface area contributed by atoms with Crippen molar-refractivity contribution in [1.29, 1.82) is 0 Å². The van der Waals surface area contributed by atoms with Gasteiger partial charge >= 0.3 is 0 Å². The number of hydrogen-bond donors (Lipinski definition) is 1. The maximum Gasteiger partial charge on any atom is 0.240 e. The van der Waals surface area contributed by atoms with Crippen molar-refractivity contribution in [3.8, 4) is 0 Å². The summed E-state index contributed by atoms with van der Waals surface area (Å²) in [6.45, 7) is -0.0339. The number of aryl methyl sites for hydroxylation is 1. The predicted octanol–water partition coefficient (Wildman–Crippen LogP) is 3.76. The number of aromatic nitrogens is 1. The van der Waals surface area contributed by atoms with Crippen molar-refractivity contribution in [2.24, 2.45) is 0 Å². The summed E-state index contributed by atoms with van der Waals surface area (Å²) in [5.41, 5.74) is 1.81. The molecule has 0 fully saturated rings. The summed E-state index contributed by atoms with van der Waals surface area (Å²) < 4.78 is 45.1. The van der Waals surface area contributed by atoms with Crippen LogP contribution in [0.2, 0.25) is 5.02 Å². The summed E-state index contributed by atoms with van der Waals surface area (Å²) in [6, 6.07) is 8.13. The molecule has 0 spiro atoms. The van der Waals surface area contributed by atoms with Crippen molar-refractivity contribution in [3.05, 3.63) is 82.8 Å². The Kier molecular flexibility index (Phi) is 6.23. The second-order valence-corrected chi connectivity index (χ2v) is 8.18. The molecule has 2 aromatic heterocycles. The van der Waals surface area contributed by atoms with Gasteiger partial charge in [0.2, 0.25) is 10.0 Å². The number of nitrogens with one attached hydrogen (secondary N) is 1. The normalized spacial score (nSPS) is 11.5. The SMILES string of the molecule is O=C(CCc1ccoc1)c1ccc(CNS(=O)(=O)c2ccc(F)c(Cl)c2)cn1. The molecule has 0 aliphatic rings. The van der Waals surface area contributed by atoms with Crippen molar-refractivity contribution in [1.82, 2.24) is 9.71 Å². The first kappa shape index (κ1) is 20.2. The van der Waals surface area contributed by atoms with Crippen molar-refractivity contribution in [3.63, 3.8) is 0 Å². The van der Waals surface area contributed by atoms with Crippen LogP contribution in [0.1, 0.15) is 28.0 Å². The van der Waals surface area contributed by atoms with E-state index < -0.39 is 15.8 Å². The highest BCUT2D eigenvalue weighted by molar-refractivity contribution is 7.89. The number of carbonyl (C=O) groups excluding carboxylic acids is 1. The highest BCUT2D eigenvalue weighted by Crippen LogP contribution is 2.19. The van der Waals surface area contributed by atoms with E-state index in [-0.39, 0.29) is 22.2 Å². The lowest BCUT2D eigenvalue weighted by molar-refractivity contribution is 0.0978. The predicted molar refractivity (Wildman–Crippen MR) is 101 cm³/mol. The Morgan fingerprint density at radius 3 is 2.64 bits per heavy atom. The number of halogens is 2. The largest absolute Gasteiger partial charge is 0.472 e. The first-order valence-corrected chi connectivity index (χ1v) is 10.2. The van der Waals surface area contributed by atoms with E-state index in [2.05, 4.69) is 9.71 Å². The highest BCUT2D eigenvalue weighted by atomic mass is 35.5. The first-order valence-electron chi connectivity index (χ1n) is 8.29. The molecule has 28 heavy (non-hydrogen) atoms. The van der Waals surface area contributed by atoms with Gasteiger partial charge in [-0.3, -0.25) is 9.78 Å². The highest BCUT2D eigenvalue weighted by Gasteiger charge is 2.16. The average molecular weight is 423 g/mol. The van der Waals surface area contributed by atoms with Crippen LogP contribution in [0, 0.1) is 5.82 Å². The lowest BCUT2D eigenvalue weighted by atomic mass is 10.1. The first-order chi connectivity index (χ1) is 13.3. The molecule has 0 saturated heterocycles. The molecule has 146 valence electrons. The van der Waals surface area contributed by atoms with Gasteiger partial charge in [0.05, 0.1) is 22.4 Å². The summed E-state index contributed by atoms with van der Waals surface area (Å²) in [6.07, 6.45) is 5.42. The van der Waals surface area contributed by atoms with Gasteiger partial charge in [-0.2, -0.15) is 0 Å². The third-order valence-electron chi connectivity index (χ3n) is 4.00. The van der Waals surface area contributed by atoms with Gasteiger partial charge in [0, 0.05) is 19.2 Å². The standard InChI is InChI=1S/C19H16ClFN2O4S/c20-16-9-15(3-4-17(16)21)28(25,26)23-11-14-1-5-18(22-10-14)19(24)6-2-13-7-8-27-12-13/h1,3-5,7-10,12,23H,2,6,11H2. The van der Waals surface area contributed by atoms with Gasteiger partial charge in [0.15, 0.2) is 5.78 Å². The molecular formula is C19H16ClFN2O4S. The topological polar surface area (TPSA) is 89.3 Å². The van der Waals surface area contributed by atoms with E-state index in [1.165, 1.54) is 6.20 Å². The van der Waals surface area contributed by atoms with E-state index in [0.717, 1.165) is 23.8 Å². The third kappa shape index (κ3) is 5.03. The van der Waals surface area contributed by atoms with Gasteiger partial charge in [-0.05, 0) is 47.9 Å². The smallest absolute Gasteiger partial charge is 0.240 e. The monoisotopic (exact) mass is 422 g/mol. The average Bonchev–Trinajstić information content (AvgIpc) is 3.20. The zero-order valence-corrected chi connectivity index (χ0v) is 16.1. The molecule has 0 radical (unpaired) electrons. The van der Waals surface area contributed by atoms with E-state index in [4.69, 9.17) is 16.0 Å². The minimum Gasteiger partial charge on any atom is -0.472 e. The molecule has 0 amide bonds. The zero-order valence-electron chi connectivity index (χ0n) is 14.6. The van der Waals surface area contributed by atoms with E-state index in [1.54, 1.807) is 30.7 Å². The zero-order chi connectivity index (χ0) is 20.1. The minimum atomic E-state index is -3.86. The number of nitrogens with zero attached hydrogens (tertiary/aromatic N) is 1. The number of ketones is 1. The molecule has 6 nitrogen and oxygen atoms in total. The van der Waals surface area contributed by atoms with Crippen molar-refractivity contribution < 1.29 is 22.0 Å². The van der Waals surface area contributed by atoms with Gasteiger partial charge in [0.1, 0.15) is 11.5 Å². The van der Waals surface area contributed by atoms with Crippen LogP contribution in [0.25, 0.3) is 0 Å². The van der Waals surface area contributed by atoms with Crippen LogP contribution >= 0.6 is 11.6 Å². The van der Waals surface area contributed by atoms with Gasteiger partial charge in [-0.15, -0.1) is 0 Å². The summed E-state index contributed by atoms with van der Waals surface area (Å²) in [5, 5.41) is -0.275. The van der Waals surface area contributed by atoms with Gasteiger partial charge < -0.3 is 4.42 Å². The van der Waals surface area contributed by atoms with Crippen LogP contribution in [0.4, 0.5) is 4.39 Å². The van der Waals surface area contributed by atoms with E-state index >= 15 is 0 Å². The molecule has 0 saturated carbocycles. The lowest BCUT2D eigenvalue weighted by Gasteiger charge is -2.08. The number of pyridine rings is 1. The molecule has 2 heterocycles. The fourth-order valence-electron chi connectivity index (χ4n) is 2.42. The van der Waals surface area contributed by atoms with Crippen LogP contribution in [0.15, 0.2) is 64.4 Å². The summed E-state index contributed by atoms with van der Waals surface area (Å²) in [7, 11) is -3.86. The van der Waals surface area contributed by atoms with Gasteiger partial charge in [-0.1, -0.05) is 17.7 Å². The molecule has 1 aromatic carbocycles. The molecule has 0 atom stereocenters. The van der Waals surface area contributed by atoms with E-state index in [9.17, 15) is 17.6 Å². The number of rotatable bonds is 8. The van der Waals surface area contributed by atoms with Crippen LogP contribution in [0.3, 0.4) is 0 Å². The molecule has 3 rings (SSSR count). The number of benzene rings is 1. The number of hydrogen-bond acceptors (Lipinski definition) is 5. The Balaban J connectivity index is 1.59. The molecule has 3 aromatic rings. The number of carbonyl (C=O) groups is 1. The second kappa shape index (κ2) is 8.64. The molecule has 0 aliphatic carbocycles. The molecule has 0 aliphatic heterocycles. The fraction of sp³-hybridized carbons (Fsp3) is 0.158. The van der Waals surface area contributed by atoms with Gasteiger partial charge in [-0.25, -0.2) is 17.5 Å². The fourth-order valence-corrected chi connectivity index (χ4v) is 3.71. The molecule has 1 N–H and O–H groups in total. The van der Waals surface area contributed by atoms with E-state index in [0.29, 0.717) is 24.1 Å². The Labute approximate surface area is 166 Å². The van der Waals surface area contributed by atoms with Crippen molar-refractivity contribution >= 4 is 27.4 Å².